The van der Waals surface area contributed by atoms with Crippen molar-refractivity contribution in [2.75, 3.05) is 18.4 Å². The Labute approximate surface area is 88.9 Å². The van der Waals surface area contributed by atoms with Crippen LogP contribution in [0.25, 0.3) is 0 Å². The van der Waals surface area contributed by atoms with Crippen LogP contribution in [0.1, 0.15) is 30.3 Å². The number of rotatable bonds is 3. The van der Waals surface area contributed by atoms with E-state index in [1.807, 2.05) is 17.7 Å². The van der Waals surface area contributed by atoms with Crippen molar-refractivity contribution in [1.29, 1.82) is 0 Å². The molecule has 2 N–H and O–H groups in total. The van der Waals surface area contributed by atoms with Crippen molar-refractivity contribution in [3.05, 3.63) is 11.9 Å². The lowest BCUT2D eigenvalue weighted by Crippen LogP contribution is -2.24. The van der Waals surface area contributed by atoms with E-state index in [2.05, 4.69) is 15.6 Å². The highest BCUT2D eigenvalue weighted by Gasteiger charge is 2.15. The lowest BCUT2D eigenvalue weighted by molar-refractivity contribution is 0.0949. The van der Waals surface area contributed by atoms with Gasteiger partial charge in [-0.05, 0) is 12.8 Å². The molecular formula is C10H16N4O. The summed E-state index contributed by atoms with van der Waals surface area (Å²) in [4.78, 5) is 15.9. The first-order chi connectivity index (χ1) is 7.31. The number of carbonyl (C=O) groups excluding carboxylic acids is 1. The largest absolute Gasteiger partial charge is 0.356 e. The van der Waals surface area contributed by atoms with E-state index in [0.717, 1.165) is 31.9 Å². The third-order valence-electron chi connectivity index (χ3n) is 2.40. The first kappa shape index (κ1) is 10.0. The molecule has 5 heteroatoms. The summed E-state index contributed by atoms with van der Waals surface area (Å²) in [5.74, 6) is 0.725. The fourth-order valence-electron chi connectivity index (χ4n) is 1.62. The third kappa shape index (κ3) is 2.11. The van der Waals surface area contributed by atoms with Gasteiger partial charge in [0.05, 0.1) is 0 Å². The van der Waals surface area contributed by atoms with Crippen molar-refractivity contribution >= 4 is 11.9 Å². The number of imidazole rings is 1. The van der Waals surface area contributed by atoms with Gasteiger partial charge in [0.15, 0.2) is 0 Å². The van der Waals surface area contributed by atoms with Gasteiger partial charge in [-0.2, -0.15) is 0 Å². The predicted octanol–water partition coefficient (Wildman–Crippen LogP) is 0.838. The number of nitrogens with one attached hydrogen (secondary N) is 2. The zero-order chi connectivity index (χ0) is 10.7. The fraction of sp³-hybridized carbons (Fsp3) is 0.600. The number of fused-ring (bicyclic) bond motifs is 1. The molecule has 15 heavy (non-hydrogen) atoms. The maximum Gasteiger partial charge on any atom is 0.271 e. The highest BCUT2D eigenvalue weighted by molar-refractivity contribution is 5.92. The molecule has 0 unspecified atom stereocenters. The van der Waals surface area contributed by atoms with E-state index in [-0.39, 0.29) is 5.91 Å². The van der Waals surface area contributed by atoms with Gasteiger partial charge in [-0.3, -0.25) is 4.79 Å². The summed E-state index contributed by atoms with van der Waals surface area (Å²) in [6, 6.07) is 0. The van der Waals surface area contributed by atoms with Crippen LogP contribution in [0.15, 0.2) is 6.20 Å². The van der Waals surface area contributed by atoms with E-state index < -0.39 is 0 Å². The molecular weight excluding hydrogens is 192 g/mol. The molecule has 0 aromatic carbocycles. The highest BCUT2D eigenvalue weighted by atomic mass is 16.1. The van der Waals surface area contributed by atoms with Crippen molar-refractivity contribution in [2.24, 2.45) is 0 Å². The Morgan fingerprint density at radius 3 is 3.33 bits per heavy atom. The van der Waals surface area contributed by atoms with E-state index in [4.69, 9.17) is 0 Å². The molecule has 0 fully saturated rings. The molecule has 5 nitrogen and oxygen atoms in total. The van der Waals surface area contributed by atoms with Gasteiger partial charge in [-0.25, -0.2) is 4.98 Å². The molecule has 1 aliphatic rings. The number of anilines is 1. The maximum absolute atomic E-state index is 11.6. The molecule has 2 heterocycles. The molecule has 0 saturated heterocycles. The molecule has 1 aromatic rings. The van der Waals surface area contributed by atoms with Crippen LogP contribution in [0.4, 0.5) is 5.95 Å². The molecule has 0 spiro atoms. The van der Waals surface area contributed by atoms with E-state index in [1.165, 1.54) is 0 Å². The van der Waals surface area contributed by atoms with E-state index in [9.17, 15) is 4.79 Å². The molecule has 0 atom stereocenters. The molecule has 0 radical (unpaired) electrons. The summed E-state index contributed by atoms with van der Waals surface area (Å²) in [5.41, 5.74) is 0.507. The van der Waals surface area contributed by atoms with Gasteiger partial charge in [-0.15, -0.1) is 0 Å². The van der Waals surface area contributed by atoms with Gasteiger partial charge in [0.1, 0.15) is 5.69 Å². The number of hydrogen-bond acceptors (Lipinski definition) is 3. The molecule has 1 aromatic heterocycles. The number of carbonyl (C=O) groups is 1. The highest BCUT2D eigenvalue weighted by Crippen LogP contribution is 2.13. The predicted molar refractivity (Wildman–Crippen MR) is 58.0 cm³/mol. The van der Waals surface area contributed by atoms with Crippen LogP contribution >= 0.6 is 0 Å². The molecule has 2 rings (SSSR count). The van der Waals surface area contributed by atoms with E-state index in [1.54, 1.807) is 0 Å². The summed E-state index contributed by atoms with van der Waals surface area (Å²) in [6.45, 7) is 4.61. The van der Waals surface area contributed by atoms with Crippen molar-refractivity contribution < 1.29 is 4.79 Å². The fourth-order valence-corrected chi connectivity index (χ4v) is 1.62. The average molecular weight is 208 g/mol. The zero-order valence-electron chi connectivity index (χ0n) is 8.92. The molecule has 0 saturated carbocycles. The SMILES string of the molecule is CCCNC(=O)c1cn2c(n1)NCCC2. The van der Waals surface area contributed by atoms with E-state index >= 15 is 0 Å². The second-order valence-electron chi connectivity index (χ2n) is 3.68. The first-order valence-electron chi connectivity index (χ1n) is 5.40. The third-order valence-corrected chi connectivity index (χ3v) is 2.40. The Hall–Kier alpha value is -1.52. The number of nitrogens with zero attached hydrogens (tertiary/aromatic N) is 2. The summed E-state index contributed by atoms with van der Waals surface area (Å²) < 4.78 is 1.99. The van der Waals surface area contributed by atoms with Crippen LogP contribution < -0.4 is 10.6 Å². The Bertz CT molecular complexity index is 335. The average Bonchev–Trinajstić information content (AvgIpc) is 2.69. The standard InChI is InChI=1S/C10H16N4O/c1-2-4-11-9(15)8-7-14-6-3-5-12-10(14)13-8/h7H,2-6H2,1H3,(H,11,15)(H,12,13). The van der Waals surface area contributed by atoms with Crippen LogP contribution in [0.2, 0.25) is 0 Å². The van der Waals surface area contributed by atoms with Crippen LogP contribution in [-0.2, 0) is 6.54 Å². The quantitative estimate of drug-likeness (QED) is 0.773. The molecule has 82 valence electrons. The minimum absolute atomic E-state index is 0.0828. The zero-order valence-corrected chi connectivity index (χ0v) is 8.92. The number of amides is 1. The van der Waals surface area contributed by atoms with Gasteiger partial charge in [0.2, 0.25) is 5.95 Å². The van der Waals surface area contributed by atoms with Gasteiger partial charge < -0.3 is 15.2 Å². The van der Waals surface area contributed by atoms with Crippen LogP contribution in [0, 0.1) is 0 Å². The number of hydrogen-bond donors (Lipinski definition) is 2. The van der Waals surface area contributed by atoms with Crippen LogP contribution in [0.3, 0.4) is 0 Å². The Morgan fingerprint density at radius 2 is 2.60 bits per heavy atom. The van der Waals surface area contributed by atoms with Crippen molar-refractivity contribution in [3.8, 4) is 0 Å². The summed E-state index contributed by atoms with van der Waals surface area (Å²) >= 11 is 0. The lowest BCUT2D eigenvalue weighted by Gasteiger charge is -2.14. The Balaban J connectivity index is 2.08. The Morgan fingerprint density at radius 1 is 1.73 bits per heavy atom. The van der Waals surface area contributed by atoms with Gasteiger partial charge in [0.25, 0.3) is 5.91 Å². The maximum atomic E-state index is 11.6. The second kappa shape index (κ2) is 4.33. The molecule has 1 amide bonds. The topological polar surface area (TPSA) is 59.0 Å². The van der Waals surface area contributed by atoms with Crippen molar-refractivity contribution in [2.45, 2.75) is 26.3 Å². The first-order valence-corrected chi connectivity index (χ1v) is 5.40. The normalized spacial score (nSPS) is 14.2. The van der Waals surface area contributed by atoms with Crippen LogP contribution in [-0.4, -0.2) is 28.5 Å². The minimum Gasteiger partial charge on any atom is -0.356 e. The van der Waals surface area contributed by atoms with Gasteiger partial charge in [-0.1, -0.05) is 6.92 Å². The molecule has 1 aliphatic heterocycles. The number of aromatic nitrogens is 2. The lowest BCUT2D eigenvalue weighted by atomic mass is 10.4. The van der Waals surface area contributed by atoms with Crippen molar-refractivity contribution in [1.82, 2.24) is 14.9 Å². The summed E-state index contributed by atoms with van der Waals surface area (Å²) in [6.07, 6.45) is 3.84. The minimum atomic E-state index is -0.0828. The molecule has 0 aliphatic carbocycles. The monoisotopic (exact) mass is 208 g/mol. The number of aryl methyl sites for hydroxylation is 1. The van der Waals surface area contributed by atoms with Crippen molar-refractivity contribution in [3.63, 3.8) is 0 Å². The summed E-state index contributed by atoms with van der Waals surface area (Å²) in [5, 5.41) is 5.98. The van der Waals surface area contributed by atoms with Gasteiger partial charge in [0, 0.05) is 25.8 Å². The molecule has 0 bridgehead atoms. The smallest absolute Gasteiger partial charge is 0.271 e. The van der Waals surface area contributed by atoms with Crippen LogP contribution in [0.5, 0.6) is 0 Å². The Kier molecular flexibility index (Phi) is 2.89. The van der Waals surface area contributed by atoms with Gasteiger partial charge >= 0.3 is 0 Å². The second-order valence-corrected chi connectivity index (χ2v) is 3.68. The van der Waals surface area contributed by atoms with E-state index in [0.29, 0.717) is 12.2 Å². The summed E-state index contributed by atoms with van der Waals surface area (Å²) in [7, 11) is 0.